The minimum absolute atomic E-state index is 1.15. The fourth-order valence-corrected chi connectivity index (χ4v) is 8.07. The molecule has 0 spiro atoms. The van der Waals surface area contributed by atoms with Crippen molar-refractivity contribution in [1.82, 2.24) is 0 Å². The van der Waals surface area contributed by atoms with Crippen molar-refractivity contribution in [2.75, 3.05) is 0 Å². The summed E-state index contributed by atoms with van der Waals surface area (Å²) in [6.07, 6.45) is 50.0. The number of fused-ring (bicyclic) bond motifs is 8. The maximum Gasteiger partial charge on any atom is 0.171 e. The minimum Gasteiger partial charge on any atom is -0.205 e. The van der Waals surface area contributed by atoms with Gasteiger partial charge in [0.05, 0.1) is 0 Å². The molecule has 4 heteroatoms. The van der Waals surface area contributed by atoms with Gasteiger partial charge in [-0.15, -0.1) is 0 Å². The quantitative estimate of drug-likeness (QED) is 0.162. The van der Waals surface area contributed by atoms with Gasteiger partial charge in [0.25, 0.3) is 0 Å². The average Bonchev–Trinajstić information content (AvgIpc) is 3.17. The first-order chi connectivity index (χ1) is 25.8. The summed E-state index contributed by atoms with van der Waals surface area (Å²) in [4.78, 5) is 0. The first kappa shape index (κ1) is 39.8. The zero-order valence-electron chi connectivity index (χ0n) is 32.8. The molecule has 4 aromatic heterocycles. The van der Waals surface area contributed by atoms with E-state index in [1.165, 1.54) is 176 Å². The fourth-order valence-electron chi connectivity index (χ4n) is 8.07. The molecule has 0 radical (unpaired) electrons. The Kier molecular flexibility index (Phi) is 19.0. The second-order valence-electron chi connectivity index (χ2n) is 15.9. The number of hydrogen-bond donors (Lipinski definition) is 0. The summed E-state index contributed by atoms with van der Waals surface area (Å²) < 4.78 is 9.72. The molecule has 0 N–H and O–H groups in total. The highest BCUT2D eigenvalue weighted by atomic mass is 14.9. The van der Waals surface area contributed by atoms with E-state index in [0.717, 1.165) is 26.2 Å². The SMILES string of the molecule is c1cc2c[n+](c1)CCCCCCCc1ccc[n+](c1)CCCCCCCc1ccc[n+](c1)CCCCCCCc1ccc[n+](c1)CCCCCCC2. The number of aryl methyl sites for hydroxylation is 8. The smallest absolute Gasteiger partial charge is 0.171 e. The van der Waals surface area contributed by atoms with Gasteiger partial charge in [0.1, 0.15) is 26.2 Å². The minimum atomic E-state index is 1.15. The van der Waals surface area contributed by atoms with E-state index in [4.69, 9.17) is 0 Å². The molecule has 0 amide bonds. The first-order valence-electron chi connectivity index (χ1n) is 21.7. The van der Waals surface area contributed by atoms with Gasteiger partial charge in [-0.3, -0.25) is 0 Å². The molecule has 4 nitrogen and oxygen atoms in total. The van der Waals surface area contributed by atoms with Gasteiger partial charge in [-0.1, -0.05) is 51.4 Å². The summed E-state index contributed by atoms with van der Waals surface area (Å²) in [5.41, 5.74) is 6.02. The molecule has 0 unspecified atom stereocenters. The third-order valence-corrected chi connectivity index (χ3v) is 11.2. The van der Waals surface area contributed by atoms with Crippen LogP contribution in [0, 0.1) is 0 Å². The Bertz CT molecular complexity index is 1210. The van der Waals surface area contributed by atoms with E-state index in [2.05, 4.69) is 116 Å². The van der Waals surface area contributed by atoms with E-state index in [1.807, 2.05) is 0 Å². The topological polar surface area (TPSA) is 15.5 Å². The molecule has 0 fully saturated rings. The van der Waals surface area contributed by atoms with Crippen LogP contribution in [0.1, 0.15) is 151 Å². The van der Waals surface area contributed by atoms with Crippen LogP contribution in [-0.4, -0.2) is 0 Å². The van der Waals surface area contributed by atoms with Gasteiger partial charge in [0.2, 0.25) is 0 Å². The summed E-state index contributed by atoms with van der Waals surface area (Å²) in [5.74, 6) is 0. The molecule has 0 saturated heterocycles. The van der Waals surface area contributed by atoms with Gasteiger partial charge in [-0.25, -0.2) is 18.3 Å². The van der Waals surface area contributed by atoms with E-state index in [-0.39, 0.29) is 0 Å². The summed E-state index contributed by atoms with van der Waals surface area (Å²) in [6.45, 7) is 4.60. The van der Waals surface area contributed by atoms with Gasteiger partial charge < -0.3 is 0 Å². The predicted octanol–water partition coefficient (Wildman–Crippen LogP) is 9.92. The van der Waals surface area contributed by atoms with Crippen molar-refractivity contribution >= 4 is 0 Å². The van der Waals surface area contributed by atoms with Crippen LogP contribution in [0.3, 0.4) is 0 Å². The highest BCUT2D eigenvalue weighted by molar-refractivity contribution is 5.07. The molecular formula is C48H72N4+4. The first-order valence-corrected chi connectivity index (χ1v) is 21.7. The summed E-state index contributed by atoms with van der Waals surface area (Å²) in [7, 11) is 0. The van der Waals surface area contributed by atoms with E-state index in [9.17, 15) is 0 Å². The number of hydrogen-bond acceptors (Lipinski definition) is 0. The van der Waals surface area contributed by atoms with Crippen LogP contribution in [0.25, 0.3) is 0 Å². The molecule has 5 rings (SSSR count). The molecule has 0 saturated carbocycles. The van der Waals surface area contributed by atoms with E-state index in [0.29, 0.717) is 0 Å². The van der Waals surface area contributed by atoms with Crippen LogP contribution in [0.2, 0.25) is 0 Å². The molecular weight excluding hydrogens is 633 g/mol. The second-order valence-corrected chi connectivity index (χ2v) is 15.9. The Morgan fingerprint density at radius 1 is 0.250 bits per heavy atom. The number of nitrogens with zero attached hydrogens (tertiary/aromatic N) is 4. The van der Waals surface area contributed by atoms with Crippen LogP contribution in [-0.2, 0) is 51.9 Å². The van der Waals surface area contributed by atoms with E-state index >= 15 is 0 Å². The highest BCUT2D eigenvalue weighted by Crippen LogP contribution is 2.12. The van der Waals surface area contributed by atoms with Crippen molar-refractivity contribution in [3.63, 3.8) is 0 Å². The van der Waals surface area contributed by atoms with Crippen molar-refractivity contribution in [2.24, 2.45) is 0 Å². The van der Waals surface area contributed by atoms with E-state index in [1.54, 1.807) is 0 Å². The molecule has 1 aliphatic heterocycles. The predicted molar refractivity (Wildman–Crippen MR) is 214 cm³/mol. The third kappa shape index (κ3) is 16.5. The number of aromatic nitrogens is 4. The standard InChI is InChI=1S/C48H72N4/c1-5-13-25-45-29-21-38-50(41-45)34-18-10-3-7-15-27-47-31-23-40-52(43-47)36-20-12-4-8-16-28-48-32-24-39-51(44-48)35-19-11-2-6-14-26-46-30-22-37-49(42-46)33-17-9-1/h21-24,29-32,37-44H,1-20,25-28,33-36H2/q+4. The maximum absolute atomic E-state index is 2.43. The Labute approximate surface area is 318 Å². The lowest BCUT2D eigenvalue weighted by Gasteiger charge is -2.05. The van der Waals surface area contributed by atoms with Gasteiger partial charge in [-0.05, 0) is 101 Å². The molecule has 0 atom stereocenters. The summed E-state index contributed by atoms with van der Waals surface area (Å²) in [5, 5.41) is 0. The Hall–Kier alpha value is -3.40. The molecule has 0 aromatic carbocycles. The van der Waals surface area contributed by atoms with Gasteiger partial charge in [0, 0.05) is 72.2 Å². The van der Waals surface area contributed by atoms with Crippen LogP contribution in [0.15, 0.2) is 98.1 Å². The molecule has 52 heavy (non-hydrogen) atoms. The zero-order valence-corrected chi connectivity index (χ0v) is 32.8. The average molecular weight is 705 g/mol. The Morgan fingerprint density at radius 2 is 0.462 bits per heavy atom. The molecule has 1 aliphatic rings. The molecule has 8 bridgehead atoms. The second kappa shape index (κ2) is 24.8. The normalized spacial score (nSPS) is 18.2. The van der Waals surface area contributed by atoms with Crippen LogP contribution < -0.4 is 18.3 Å². The molecule has 0 aliphatic carbocycles. The maximum atomic E-state index is 2.43. The van der Waals surface area contributed by atoms with Crippen molar-refractivity contribution in [2.45, 2.75) is 180 Å². The largest absolute Gasteiger partial charge is 0.205 e. The van der Waals surface area contributed by atoms with Crippen LogP contribution >= 0.6 is 0 Å². The monoisotopic (exact) mass is 705 g/mol. The van der Waals surface area contributed by atoms with Crippen molar-refractivity contribution < 1.29 is 18.3 Å². The van der Waals surface area contributed by atoms with Crippen LogP contribution in [0.4, 0.5) is 0 Å². The van der Waals surface area contributed by atoms with Gasteiger partial charge >= 0.3 is 0 Å². The molecule has 4 aromatic rings. The Balaban J connectivity index is 1.05. The van der Waals surface area contributed by atoms with Crippen molar-refractivity contribution in [1.29, 1.82) is 0 Å². The number of rotatable bonds is 0. The number of pyridine rings is 4. The summed E-state index contributed by atoms with van der Waals surface area (Å²) >= 11 is 0. The molecule has 280 valence electrons. The third-order valence-electron chi connectivity index (χ3n) is 11.2. The zero-order chi connectivity index (χ0) is 35.7. The van der Waals surface area contributed by atoms with Crippen molar-refractivity contribution in [3.8, 4) is 0 Å². The lowest BCUT2D eigenvalue weighted by atomic mass is 10.1. The molecule has 5 heterocycles. The Morgan fingerprint density at radius 3 is 0.712 bits per heavy atom. The summed E-state index contributed by atoms with van der Waals surface area (Å²) in [6, 6.07) is 18.3. The van der Waals surface area contributed by atoms with Crippen molar-refractivity contribution in [3.05, 3.63) is 120 Å². The van der Waals surface area contributed by atoms with Gasteiger partial charge in [0.15, 0.2) is 49.6 Å². The fraction of sp³-hybridized carbons (Fsp3) is 0.583. The van der Waals surface area contributed by atoms with Crippen LogP contribution in [0.5, 0.6) is 0 Å². The highest BCUT2D eigenvalue weighted by Gasteiger charge is 2.08. The lowest BCUT2D eigenvalue weighted by Crippen LogP contribution is -2.33. The lowest BCUT2D eigenvalue weighted by molar-refractivity contribution is -0.697. The van der Waals surface area contributed by atoms with E-state index < -0.39 is 0 Å². The van der Waals surface area contributed by atoms with Gasteiger partial charge in [-0.2, -0.15) is 0 Å².